The fourth-order valence-electron chi connectivity index (χ4n) is 1.82. The maximum atomic E-state index is 5.62. The summed E-state index contributed by atoms with van der Waals surface area (Å²) in [5.74, 6) is 5.62. The lowest BCUT2D eigenvalue weighted by Crippen LogP contribution is -2.28. The van der Waals surface area contributed by atoms with Gasteiger partial charge in [-0.1, -0.05) is 31.2 Å². The topological polar surface area (TPSA) is 51.2 Å². The first-order valence-corrected chi connectivity index (χ1v) is 6.33. The van der Waals surface area contributed by atoms with Crippen LogP contribution in [0.15, 0.2) is 45.7 Å². The van der Waals surface area contributed by atoms with Crippen molar-refractivity contribution in [3.8, 4) is 0 Å². The molecular weight excluding hydrogens is 280 g/mol. The van der Waals surface area contributed by atoms with E-state index in [0.717, 1.165) is 17.5 Å². The molecule has 0 spiro atoms. The van der Waals surface area contributed by atoms with Crippen molar-refractivity contribution in [3.63, 3.8) is 0 Å². The average molecular weight is 295 g/mol. The van der Waals surface area contributed by atoms with E-state index < -0.39 is 0 Å². The molecule has 1 unspecified atom stereocenters. The van der Waals surface area contributed by atoms with Crippen molar-refractivity contribution in [2.24, 2.45) is 5.84 Å². The van der Waals surface area contributed by atoms with E-state index in [1.165, 1.54) is 5.56 Å². The third-order valence-electron chi connectivity index (χ3n) is 2.85. The standard InChI is InChI=1S/C13H15BrN2O/c1-2-9-3-5-10(6-4-9)12(16-15)11-7-8-17-13(11)14/h3-8,12,16H,2,15H2,1H3. The summed E-state index contributed by atoms with van der Waals surface area (Å²) in [5.41, 5.74) is 6.24. The van der Waals surface area contributed by atoms with Gasteiger partial charge in [0.05, 0.1) is 12.3 Å². The van der Waals surface area contributed by atoms with Crippen molar-refractivity contribution in [2.45, 2.75) is 19.4 Å². The maximum Gasteiger partial charge on any atom is 0.174 e. The predicted octanol–water partition coefficient (Wildman–Crippen LogP) is 3.16. The van der Waals surface area contributed by atoms with E-state index in [9.17, 15) is 0 Å². The molecule has 17 heavy (non-hydrogen) atoms. The zero-order valence-corrected chi connectivity index (χ0v) is 11.2. The van der Waals surface area contributed by atoms with Crippen molar-refractivity contribution >= 4 is 15.9 Å². The summed E-state index contributed by atoms with van der Waals surface area (Å²) in [6.45, 7) is 2.14. The molecule has 1 atom stereocenters. The molecule has 0 amide bonds. The van der Waals surface area contributed by atoms with Crippen LogP contribution < -0.4 is 11.3 Å². The lowest BCUT2D eigenvalue weighted by molar-refractivity contribution is 0.526. The van der Waals surface area contributed by atoms with E-state index in [-0.39, 0.29) is 6.04 Å². The molecule has 0 saturated heterocycles. The summed E-state index contributed by atoms with van der Waals surface area (Å²) in [6, 6.07) is 10.3. The Morgan fingerprint density at radius 1 is 1.29 bits per heavy atom. The molecule has 0 fully saturated rings. The summed E-state index contributed by atoms with van der Waals surface area (Å²) >= 11 is 3.37. The van der Waals surface area contributed by atoms with Crippen LogP contribution >= 0.6 is 15.9 Å². The molecule has 0 aliphatic rings. The number of nitrogens with two attached hydrogens (primary N) is 1. The quantitative estimate of drug-likeness (QED) is 0.673. The minimum atomic E-state index is -0.0611. The van der Waals surface area contributed by atoms with E-state index in [0.29, 0.717) is 4.67 Å². The van der Waals surface area contributed by atoms with Gasteiger partial charge in [-0.15, -0.1) is 0 Å². The second kappa shape index (κ2) is 5.49. The molecule has 0 bridgehead atoms. The summed E-state index contributed by atoms with van der Waals surface area (Å²) < 4.78 is 5.94. The van der Waals surface area contributed by atoms with Crippen LogP contribution in [-0.4, -0.2) is 0 Å². The smallest absolute Gasteiger partial charge is 0.174 e. The van der Waals surface area contributed by atoms with Gasteiger partial charge >= 0.3 is 0 Å². The largest absolute Gasteiger partial charge is 0.457 e. The molecule has 1 aromatic carbocycles. The molecule has 3 N–H and O–H groups in total. The number of hydrazine groups is 1. The van der Waals surface area contributed by atoms with Crippen molar-refractivity contribution in [1.82, 2.24) is 5.43 Å². The normalized spacial score (nSPS) is 12.6. The van der Waals surface area contributed by atoms with E-state index >= 15 is 0 Å². The van der Waals surface area contributed by atoms with Crippen LogP contribution in [0, 0.1) is 0 Å². The van der Waals surface area contributed by atoms with E-state index in [1.807, 2.05) is 6.07 Å². The van der Waals surface area contributed by atoms with Crippen LogP contribution in [0.5, 0.6) is 0 Å². The first-order chi connectivity index (χ1) is 8.26. The Bertz CT molecular complexity index is 478. The van der Waals surface area contributed by atoms with Crippen LogP contribution in [-0.2, 0) is 6.42 Å². The molecular formula is C13H15BrN2O. The second-order valence-corrected chi connectivity index (χ2v) is 4.56. The Morgan fingerprint density at radius 3 is 2.47 bits per heavy atom. The van der Waals surface area contributed by atoms with Gasteiger partial charge in [0, 0.05) is 5.56 Å². The third-order valence-corrected chi connectivity index (χ3v) is 3.49. The lowest BCUT2D eigenvalue weighted by Gasteiger charge is -2.15. The third kappa shape index (κ3) is 2.60. The van der Waals surface area contributed by atoms with Gasteiger partial charge in [0.1, 0.15) is 0 Å². The van der Waals surface area contributed by atoms with E-state index in [1.54, 1.807) is 6.26 Å². The Kier molecular flexibility index (Phi) is 3.99. The first kappa shape index (κ1) is 12.4. The SMILES string of the molecule is CCc1ccc(C(NN)c2ccoc2Br)cc1. The van der Waals surface area contributed by atoms with Crippen LogP contribution in [0.25, 0.3) is 0 Å². The van der Waals surface area contributed by atoms with Crippen LogP contribution in [0.4, 0.5) is 0 Å². The van der Waals surface area contributed by atoms with Crippen LogP contribution in [0.2, 0.25) is 0 Å². The van der Waals surface area contributed by atoms with Crippen molar-refractivity contribution in [2.75, 3.05) is 0 Å². The molecule has 0 aliphatic carbocycles. The minimum Gasteiger partial charge on any atom is -0.457 e. The van der Waals surface area contributed by atoms with Gasteiger partial charge in [-0.05, 0) is 39.5 Å². The molecule has 4 heteroatoms. The molecule has 2 aromatic rings. The molecule has 0 saturated carbocycles. The molecule has 1 aromatic heterocycles. The highest BCUT2D eigenvalue weighted by Gasteiger charge is 2.17. The lowest BCUT2D eigenvalue weighted by atomic mass is 10.00. The first-order valence-electron chi connectivity index (χ1n) is 5.54. The summed E-state index contributed by atoms with van der Waals surface area (Å²) in [5, 5.41) is 0. The van der Waals surface area contributed by atoms with E-state index in [4.69, 9.17) is 10.3 Å². The molecule has 90 valence electrons. The zero-order valence-electron chi connectivity index (χ0n) is 9.61. The van der Waals surface area contributed by atoms with E-state index in [2.05, 4.69) is 52.5 Å². The van der Waals surface area contributed by atoms with Crippen molar-refractivity contribution in [3.05, 3.63) is 58.0 Å². The number of benzene rings is 1. The van der Waals surface area contributed by atoms with Gasteiger partial charge in [-0.3, -0.25) is 5.84 Å². The fraction of sp³-hybridized carbons (Fsp3) is 0.231. The summed E-state index contributed by atoms with van der Waals surface area (Å²) in [6.07, 6.45) is 2.68. The Hall–Kier alpha value is -1.10. The monoisotopic (exact) mass is 294 g/mol. The summed E-state index contributed by atoms with van der Waals surface area (Å²) in [7, 11) is 0. The number of nitrogens with one attached hydrogen (secondary N) is 1. The Balaban J connectivity index is 2.32. The van der Waals surface area contributed by atoms with Gasteiger partial charge in [-0.2, -0.15) is 0 Å². The number of halogens is 1. The van der Waals surface area contributed by atoms with Gasteiger partial charge in [0.25, 0.3) is 0 Å². The maximum absolute atomic E-state index is 5.62. The Labute approximate surface area is 109 Å². The molecule has 1 heterocycles. The zero-order chi connectivity index (χ0) is 12.3. The number of hydrogen-bond acceptors (Lipinski definition) is 3. The van der Waals surface area contributed by atoms with Crippen molar-refractivity contribution in [1.29, 1.82) is 0 Å². The van der Waals surface area contributed by atoms with Crippen LogP contribution in [0.3, 0.4) is 0 Å². The highest BCUT2D eigenvalue weighted by Crippen LogP contribution is 2.29. The highest BCUT2D eigenvalue weighted by atomic mass is 79.9. The Morgan fingerprint density at radius 2 is 2.00 bits per heavy atom. The fourth-order valence-corrected chi connectivity index (χ4v) is 2.29. The number of furan rings is 1. The minimum absolute atomic E-state index is 0.0611. The van der Waals surface area contributed by atoms with Gasteiger partial charge < -0.3 is 4.42 Å². The van der Waals surface area contributed by atoms with Gasteiger partial charge in [0.15, 0.2) is 4.67 Å². The molecule has 0 radical (unpaired) electrons. The number of rotatable bonds is 4. The van der Waals surface area contributed by atoms with Crippen molar-refractivity contribution < 1.29 is 4.42 Å². The molecule has 2 rings (SSSR count). The average Bonchev–Trinajstić information content (AvgIpc) is 2.78. The second-order valence-electron chi connectivity index (χ2n) is 3.84. The van der Waals surface area contributed by atoms with Gasteiger partial charge in [0.2, 0.25) is 0 Å². The van der Waals surface area contributed by atoms with Gasteiger partial charge in [-0.25, -0.2) is 5.43 Å². The summed E-state index contributed by atoms with van der Waals surface area (Å²) in [4.78, 5) is 0. The molecule has 3 nitrogen and oxygen atoms in total. The number of hydrogen-bond donors (Lipinski definition) is 2. The van der Waals surface area contributed by atoms with Crippen LogP contribution in [0.1, 0.15) is 29.7 Å². The highest BCUT2D eigenvalue weighted by molar-refractivity contribution is 9.10. The predicted molar refractivity (Wildman–Crippen MR) is 71.4 cm³/mol. The number of aryl methyl sites for hydroxylation is 1. The molecule has 0 aliphatic heterocycles.